The zero-order chi connectivity index (χ0) is 9.80. The summed E-state index contributed by atoms with van der Waals surface area (Å²) in [5.41, 5.74) is 0. The second kappa shape index (κ2) is 5.13. The average Bonchev–Trinajstić information content (AvgIpc) is 2.68. The SMILES string of the molecule is CCNC1CCN(C2CCCCC2)C1. The number of hydrogen-bond donors (Lipinski definition) is 1. The first-order valence-corrected chi connectivity index (χ1v) is 6.37. The van der Waals surface area contributed by atoms with Gasteiger partial charge in [-0.05, 0) is 25.8 Å². The first-order valence-electron chi connectivity index (χ1n) is 6.37. The Morgan fingerprint density at radius 3 is 2.64 bits per heavy atom. The molecule has 1 saturated carbocycles. The molecule has 2 aliphatic rings. The molecule has 1 saturated heterocycles. The van der Waals surface area contributed by atoms with Crippen molar-refractivity contribution >= 4 is 0 Å². The summed E-state index contributed by atoms with van der Waals surface area (Å²) in [7, 11) is 0. The molecule has 0 radical (unpaired) electrons. The van der Waals surface area contributed by atoms with E-state index in [9.17, 15) is 0 Å². The first kappa shape index (κ1) is 10.4. The van der Waals surface area contributed by atoms with E-state index in [1.165, 1.54) is 51.6 Å². The highest BCUT2D eigenvalue weighted by molar-refractivity contribution is 4.86. The van der Waals surface area contributed by atoms with E-state index in [1.54, 1.807) is 0 Å². The minimum atomic E-state index is 0.780. The van der Waals surface area contributed by atoms with Crippen LogP contribution in [0.3, 0.4) is 0 Å². The highest BCUT2D eigenvalue weighted by Crippen LogP contribution is 2.25. The van der Waals surface area contributed by atoms with Gasteiger partial charge in [-0.3, -0.25) is 4.90 Å². The second-order valence-corrected chi connectivity index (χ2v) is 4.83. The fraction of sp³-hybridized carbons (Fsp3) is 1.00. The lowest BCUT2D eigenvalue weighted by molar-refractivity contribution is 0.187. The quantitative estimate of drug-likeness (QED) is 0.743. The van der Waals surface area contributed by atoms with E-state index in [0.29, 0.717) is 0 Å². The van der Waals surface area contributed by atoms with Crippen LogP contribution in [-0.4, -0.2) is 36.6 Å². The molecule has 2 fully saturated rings. The Balaban J connectivity index is 1.76. The topological polar surface area (TPSA) is 15.3 Å². The van der Waals surface area contributed by atoms with Gasteiger partial charge in [-0.1, -0.05) is 26.2 Å². The number of hydrogen-bond acceptors (Lipinski definition) is 2. The highest BCUT2D eigenvalue weighted by Gasteiger charge is 2.28. The number of likely N-dealkylation sites (tertiary alicyclic amines) is 1. The van der Waals surface area contributed by atoms with Crippen molar-refractivity contribution in [2.75, 3.05) is 19.6 Å². The van der Waals surface area contributed by atoms with E-state index in [1.807, 2.05) is 0 Å². The van der Waals surface area contributed by atoms with Crippen LogP contribution in [0.1, 0.15) is 45.4 Å². The van der Waals surface area contributed by atoms with Crippen LogP contribution in [0, 0.1) is 0 Å². The van der Waals surface area contributed by atoms with Gasteiger partial charge in [0.1, 0.15) is 0 Å². The minimum Gasteiger partial charge on any atom is -0.313 e. The highest BCUT2D eigenvalue weighted by atomic mass is 15.2. The van der Waals surface area contributed by atoms with Crippen LogP contribution >= 0.6 is 0 Å². The molecule has 82 valence electrons. The van der Waals surface area contributed by atoms with Gasteiger partial charge in [0, 0.05) is 25.2 Å². The predicted molar refractivity (Wildman–Crippen MR) is 60.5 cm³/mol. The first-order chi connectivity index (χ1) is 6.90. The van der Waals surface area contributed by atoms with Gasteiger partial charge in [0.15, 0.2) is 0 Å². The summed E-state index contributed by atoms with van der Waals surface area (Å²) in [6.45, 7) is 5.98. The number of likely N-dealkylation sites (N-methyl/N-ethyl adjacent to an activating group) is 1. The number of nitrogens with zero attached hydrogens (tertiary/aromatic N) is 1. The van der Waals surface area contributed by atoms with E-state index in [0.717, 1.165) is 18.6 Å². The predicted octanol–water partition coefficient (Wildman–Crippen LogP) is 2.00. The minimum absolute atomic E-state index is 0.780. The lowest BCUT2D eigenvalue weighted by Gasteiger charge is -2.31. The molecule has 14 heavy (non-hydrogen) atoms. The maximum atomic E-state index is 3.57. The monoisotopic (exact) mass is 196 g/mol. The number of nitrogens with one attached hydrogen (secondary N) is 1. The van der Waals surface area contributed by atoms with Crippen molar-refractivity contribution in [2.24, 2.45) is 0 Å². The maximum Gasteiger partial charge on any atom is 0.0207 e. The summed E-state index contributed by atoms with van der Waals surface area (Å²) in [6, 6.07) is 1.70. The van der Waals surface area contributed by atoms with Crippen molar-refractivity contribution in [1.29, 1.82) is 0 Å². The molecular formula is C12H24N2. The van der Waals surface area contributed by atoms with E-state index in [2.05, 4.69) is 17.1 Å². The van der Waals surface area contributed by atoms with Crippen LogP contribution in [0.5, 0.6) is 0 Å². The van der Waals surface area contributed by atoms with Crippen molar-refractivity contribution < 1.29 is 0 Å². The molecule has 0 amide bonds. The van der Waals surface area contributed by atoms with Crippen molar-refractivity contribution in [2.45, 2.75) is 57.5 Å². The standard InChI is InChI=1S/C12H24N2/c1-2-13-11-8-9-14(10-11)12-6-4-3-5-7-12/h11-13H,2-10H2,1H3. The fourth-order valence-electron chi connectivity index (χ4n) is 3.02. The Morgan fingerprint density at radius 1 is 1.14 bits per heavy atom. The molecule has 2 nitrogen and oxygen atoms in total. The normalized spacial score (nSPS) is 31.1. The Bertz CT molecular complexity index is 164. The molecule has 0 aromatic heterocycles. The third-order valence-corrected chi connectivity index (χ3v) is 3.80. The zero-order valence-corrected chi connectivity index (χ0v) is 9.47. The largest absolute Gasteiger partial charge is 0.313 e. The molecule has 1 aliphatic heterocycles. The average molecular weight is 196 g/mol. The van der Waals surface area contributed by atoms with Gasteiger partial charge in [-0.2, -0.15) is 0 Å². The van der Waals surface area contributed by atoms with Crippen LogP contribution in [-0.2, 0) is 0 Å². The molecule has 2 heteroatoms. The molecule has 0 aromatic rings. The third-order valence-electron chi connectivity index (χ3n) is 3.80. The van der Waals surface area contributed by atoms with Crippen LogP contribution in [0.2, 0.25) is 0 Å². The van der Waals surface area contributed by atoms with Gasteiger partial charge in [0.25, 0.3) is 0 Å². The van der Waals surface area contributed by atoms with Gasteiger partial charge >= 0.3 is 0 Å². The van der Waals surface area contributed by atoms with Crippen LogP contribution in [0.4, 0.5) is 0 Å². The van der Waals surface area contributed by atoms with Crippen LogP contribution < -0.4 is 5.32 Å². The van der Waals surface area contributed by atoms with E-state index >= 15 is 0 Å². The van der Waals surface area contributed by atoms with Gasteiger partial charge in [0.05, 0.1) is 0 Å². The molecule has 1 unspecified atom stereocenters. The van der Waals surface area contributed by atoms with Crippen molar-refractivity contribution in [1.82, 2.24) is 10.2 Å². The number of rotatable bonds is 3. The van der Waals surface area contributed by atoms with Crippen LogP contribution in [0.25, 0.3) is 0 Å². The molecule has 1 aliphatic carbocycles. The Morgan fingerprint density at radius 2 is 1.93 bits per heavy atom. The fourth-order valence-corrected chi connectivity index (χ4v) is 3.02. The molecule has 0 bridgehead atoms. The second-order valence-electron chi connectivity index (χ2n) is 4.83. The van der Waals surface area contributed by atoms with Gasteiger partial charge in [-0.25, -0.2) is 0 Å². The molecular weight excluding hydrogens is 172 g/mol. The summed E-state index contributed by atoms with van der Waals surface area (Å²) in [5.74, 6) is 0. The van der Waals surface area contributed by atoms with Crippen molar-refractivity contribution in [3.63, 3.8) is 0 Å². The van der Waals surface area contributed by atoms with Gasteiger partial charge in [-0.15, -0.1) is 0 Å². The summed E-state index contributed by atoms with van der Waals surface area (Å²) < 4.78 is 0. The van der Waals surface area contributed by atoms with Crippen LogP contribution in [0.15, 0.2) is 0 Å². The molecule has 0 spiro atoms. The van der Waals surface area contributed by atoms with E-state index in [4.69, 9.17) is 0 Å². The zero-order valence-electron chi connectivity index (χ0n) is 9.47. The Hall–Kier alpha value is -0.0800. The van der Waals surface area contributed by atoms with E-state index in [-0.39, 0.29) is 0 Å². The molecule has 1 atom stereocenters. The van der Waals surface area contributed by atoms with Gasteiger partial charge < -0.3 is 5.32 Å². The smallest absolute Gasteiger partial charge is 0.0207 e. The van der Waals surface area contributed by atoms with Crippen molar-refractivity contribution in [3.05, 3.63) is 0 Å². The summed E-state index contributed by atoms with van der Waals surface area (Å²) in [6.07, 6.45) is 8.68. The summed E-state index contributed by atoms with van der Waals surface area (Å²) in [5, 5.41) is 3.57. The summed E-state index contributed by atoms with van der Waals surface area (Å²) >= 11 is 0. The molecule has 1 N–H and O–H groups in total. The Labute approximate surface area is 88.1 Å². The molecule has 1 heterocycles. The van der Waals surface area contributed by atoms with Crippen molar-refractivity contribution in [3.8, 4) is 0 Å². The van der Waals surface area contributed by atoms with E-state index < -0.39 is 0 Å². The van der Waals surface area contributed by atoms with Gasteiger partial charge in [0.2, 0.25) is 0 Å². The lowest BCUT2D eigenvalue weighted by atomic mass is 9.94. The Kier molecular flexibility index (Phi) is 3.82. The molecule has 0 aromatic carbocycles. The maximum absolute atomic E-state index is 3.57. The third kappa shape index (κ3) is 2.48. The molecule has 2 rings (SSSR count). The summed E-state index contributed by atoms with van der Waals surface area (Å²) in [4.78, 5) is 2.73. The lowest BCUT2D eigenvalue weighted by Crippen LogP contribution is -2.38.